The molecule has 2 aromatic carbocycles. The number of fused-ring (bicyclic) bond motifs is 1. The van der Waals surface area contributed by atoms with E-state index >= 15 is 0 Å². The minimum Gasteiger partial charge on any atom is -0.395 e. The summed E-state index contributed by atoms with van der Waals surface area (Å²) in [5.74, 6) is -0.197. The largest absolute Gasteiger partial charge is 0.395 e. The number of aryl methyl sites for hydroxylation is 1. The third kappa shape index (κ3) is 4.37. The Balaban J connectivity index is 1.91. The zero-order valence-electron chi connectivity index (χ0n) is 15.2. The van der Waals surface area contributed by atoms with Gasteiger partial charge in [-0.15, -0.1) is 11.8 Å². The second-order valence-electron chi connectivity index (χ2n) is 6.13. The number of halogens is 1. The highest BCUT2D eigenvalue weighted by Gasteiger charge is 2.18. The molecule has 0 aliphatic heterocycles. The molecule has 0 aromatic heterocycles. The Kier molecular flexibility index (Phi) is 6.24. The van der Waals surface area contributed by atoms with E-state index in [1.54, 1.807) is 6.07 Å². The molecular formula is C22H20FNO2S. The SMILES string of the molecule is CSc1cc(C)c(/C=C2/C=C(CCON=CC=O)c3ccccc32)cc1F. The summed E-state index contributed by atoms with van der Waals surface area (Å²) >= 11 is 1.41. The molecule has 138 valence electrons. The lowest BCUT2D eigenvalue weighted by Crippen LogP contribution is -1.91. The maximum Gasteiger partial charge on any atom is 0.164 e. The van der Waals surface area contributed by atoms with E-state index in [9.17, 15) is 9.18 Å². The van der Waals surface area contributed by atoms with Crippen LogP contribution in [0.15, 0.2) is 52.5 Å². The molecule has 3 nitrogen and oxygen atoms in total. The van der Waals surface area contributed by atoms with Gasteiger partial charge in [-0.25, -0.2) is 4.39 Å². The first-order valence-electron chi connectivity index (χ1n) is 8.59. The maximum absolute atomic E-state index is 14.2. The first-order valence-corrected chi connectivity index (χ1v) is 9.81. The Hall–Kier alpha value is -2.66. The summed E-state index contributed by atoms with van der Waals surface area (Å²) < 4.78 is 14.2. The van der Waals surface area contributed by atoms with Crippen LogP contribution in [0.2, 0.25) is 0 Å². The van der Waals surface area contributed by atoms with Crippen LogP contribution >= 0.6 is 11.8 Å². The zero-order chi connectivity index (χ0) is 19.2. The minimum atomic E-state index is -0.197. The molecule has 0 amide bonds. The Morgan fingerprint density at radius 2 is 2.00 bits per heavy atom. The molecule has 0 fully saturated rings. The van der Waals surface area contributed by atoms with E-state index in [-0.39, 0.29) is 5.82 Å². The van der Waals surface area contributed by atoms with Crippen molar-refractivity contribution >= 4 is 41.5 Å². The number of benzene rings is 2. The van der Waals surface area contributed by atoms with Crippen LogP contribution in [0.5, 0.6) is 0 Å². The van der Waals surface area contributed by atoms with Crippen molar-refractivity contribution in [3.8, 4) is 0 Å². The molecule has 1 aliphatic carbocycles. The Morgan fingerprint density at radius 1 is 1.22 bits per heavy atom. The number of oxime groups is 1. The summed E-state index contributed by atoms with van der Waals surface area (Å²) in [5.41, 5.74) is 6.37. The van der Waals surface area contributed by atoms with Crippen molar-refractivity contribution in [2.45, 2.75) is 18.2 Å². The molecule has 0 radical (unpaired) electrons. The van der Waals surface area contributed by atoms with Crippen molar-refractivity contribution in [3.63, 3.8) is 0 Å². The Labute approximate surface area is 162 Å². The Morgan fingerprint density at radius 3 is 2.74 bits per heavy atom. The van der Waals surface area contributed by atoms with Gasteiger partial charge in [-0.2, -0.15) is 0 Å². The molecule has 1 aliphatic rings. The maximum atomic E-state index is 14.2. The van der Waals surface area contributed by atoms with Crippen molar-refractivity contribution in [2.24, 2.45) is 5.16 Å². The molecular weight excluding hydrogens is 361 g/mol. The standard InChI is InChI=1S/C22H20FNO2S/c1-15-11-22(27-2)21(23)14-17(15)13-18-12-16(7-10-26-24-8-9-25)19-5-3-4-6-20(18)19/h3-6,8-9,11-14H,7,10H2,1-2H3/b18-13-,24-8?. The molecule has 0 N–H and O–H groups in total. The predicted molar refractivity (Wildman–Crippen MR) is 110 cm³/mol. The van der Waals surface area contributed by atoms with Gasteiger partial charge in [-0.1, -0.05) is 35.5 Å². The third-order valence-electron chi connectivity index (χ3n) is 4.42. The van der Waals surface area contributed by atoms with Crippen molar-refractivity contribution in [2.75, 3.05) is 12.9 Å². The van der Waals surface area contributed by atoms with E-state index < -0.39 is 0 Å². The number of allylic oxidation sites excluding steroid dienone is 2. The second kappa shape index (κ2) is 8.82. The average molecular weight is 381 g/mol. The van der Waals surface area contributed by atoms with Gasteiger partial charge in [-0.3, -0.25) is 4.79 Å². The number of aldehydes is 1. The van der Waals surface area contributed by atoms with Crippen LogP contribution in [0, 0.1) is 12.7 Å². The lowest BCUT2D eigenvalue weighted by Gasteiger charge is -2.07. The van der Waals surface area contributed by atoms with E-state index in [0.29, 0.717) is 24.2 Å². The number of hydrogen-bond acceptors (Lipinski definition) is 4. The predicted octanol–water partition coefficient (Wildman–Crippen LogP) is 5.39. The molecule has 5 heteroatoms. The molecule has 0 atom stereocenters. The van der Waals surface area contributed by atoms with Crippen LogP contribution in [0.4, 0.5) is 4.39 Å². The van der Waals surface area contributed by atoms with Gasteiger partial charge in [-0.05, 0) is 64.8 Å². The van der Waals surface area contributed by atoms with Crippen molar-refractivity contribution in [1.82, 2.24) is 0 Å². The fourth-order valence-electron chi connectivity index (χ4n) is 3.11. The first kappa shape index (κ1) is 19.1. The molecule has 0 heterocycles. The van der Waals surface area contributed by atoms with Gasteiger partial charge in [0, 0.05) is 11.3 Å². The number of nitrogens with zero attached hydrogens (tertiary/aromatic N) is 1. The summed E-state index contributed by atoms with van der Waals surface area (Å²) in [6.45, 7) is 2.38. The second-order valence-corrected chi connectivity index (χ2v) is 6.98. The smallest absolute Gasteiger partial charge is 0.164 e. The van der Waals surface area contributed by atoms with E-state index in [0.717, 1.165) is 39.6 Å². The average Bonchev–Trinajstić information content (AvgIpc) is 3.02. The van der Waals surface area contributed by atoms with Crippen LogP contribution in [0.3, 0.4) is 0 Å². The summed E-state index contributed by atoms with van der Waals surface area (Å²) in [4.78, 5) is 16.0. The molecule has 0 saturated carbocycles. The zero-order valence-corrected chi connectivity index (χ0v) is 16.1. The summed E-state index contributed by atoms with van der Waals surface area (Å²) in [6.07, 6.45) is 8.34. The van der Waals surface area contributed by atoms with Crippen LogP contribution in [0.1, 0.15) is 28.7 Å². The molecule has 0 saturated heterocycles. The normalized spacial score (nSPS) is 14.5. The van der Waals surface area contributed by atoms with Crippen LogP contribution in [-0.2, 0) is 9.63 Å². The van der Waals surface area contributed by atoms with Gasteiger partial charge in [0.05, 0.1) is 0 Å². The fourth-order valence-corrected chi connectivity index (χ4v) is 3.66. The number of hydrogen-bond donors (Lipinski definition) is 0. The van der Waals surface area contributed by atoms with Crippen LogP contribution < -0.4 is 0 Å². The Bertz CT molecular complexity index is 947. The highest BCUT2D eigenvalue weighted by Crippen LogP contribution is 2.38. The lowest BCUT2D eigenvalue weighted by atomic mass is 10.0. The topological polar surface area (TPSA) is 38.7 Å². The number of carbonyl (C=O) groups is 1. The lowest BCUT2D eigenvalue weighted by molar-refractivity contribution is -0.102. The van der Waals surface area contributed by atoms with Gasteiger partial charge in [0.2, 0.25) is 0 Å². The molecule has 27 heavy (non-hydrogen) atoms. The summed E-state index contributed by atoms with van der Waals surface area (Å²) in [5, 5.41) is 3.55. The van der Waals surface area contributed by atoms with E-state index in [4.69, 9.17) is 4.84 Å². The van der Waals surface area contributed by atoms with Gasteiger partial charge in [0.15, 0.2) is 6.29 Å². The van der Waals surface area contributed by atoms with Crippen molar-refractivity contribution in [3.05, 3.63) is 70.5 Å². The number of carbonyl (C=O) groups excluding carboxylic acids is 1. The number of rotatable bonds is 7. The monoisotopic (exact) mass is 381 g/mol. The highest BCUT2D eigenvalue weighted by molar-refractivity contribution is 7.98. The minimum absolute atomic E-state index is 0.197. The molecule has 2 aromatic rings. The molecule has 3 rings (SSSR count). The van der Waals surface area contributed by atoms with E-state index in [1.165, 1.54) is 11.8 Å². The number of thioether (sulfide) groups is 1. The molecule has 0 spiro atoms. The van der Waals surface area contributed by atoms with Gasteiger partial charge in [0.1, 0.15) is 18.6 Å². The van der Waals surface area contributed by atoms with E-state index in [1.807, 2.05) is 37.5 Å². The van der Waals surface area contributed by atoms with Crippen molar-refractivity contribution < 1.29 is 14.0 Å². The van der Waals surface area contributed by atoms with Gasteiger partial charge in [0.25, 0.3) is 0 Å². The summed E-state index contributed by atoms with van der Waals surface area (Å²) in [6, 6.07) is 11.6. The quantitative estimate of drug-likeness (QED) is 0.212. The highest BCUT2D eigenvalue weighted by atomic mass is 32.2. The van der Waals surface area contributed by atoms with Crippen LogP contribution in [-0.4, -0.2) is 25.4 Å². The molecule has 0 bridgehead atoms. The first-order chi connectivity index (χ1) is 13.1. The van der Waals surface area contributed by atoms with Gasteiger partial charge >= 0.3 is 0 Å². The van der Waals surface area contributed by atoms with Gasteiger partial charge < -0.3 is 4.84 Å². The fraction of sp³-hybridized carbons (Fsp3) is 0.182. The van der Waals surface area contributed by atoms with E-state index in [2.05, 4.69) is 23.4 Å². The molecule has 0 unspecified atom stereocenters. The van der Waals surface area contributed by atoms with Crippen molar-refractivity contribution in [1.29, 1.82) is 0 Å². The van der Waals surface area contributed by atoms with Crippen LogP contribution in [0.25, 0.3) is 17.2 Å². The summed E-state index contributed by atoms with van der Waals surface area (Å²) in [7, 11) is 0. The third-order valence-corrected chi connectivity index (χ3v) is 5.18.